The summed E-state index contributed by atoms with van der Waals surface area (Å²) in [5, 5.41) is 4.34. The summed E-state index contributed by atoms with van der Waals surface area (Å²) < 4.78 is 0. The van der Waals surface area contributed by atoms with Gasteiger partial charge in [-0.15, -0.1) is 0 Å². The van der Waals surface area contributed by atoms with E-state index in [0.29, 0.717) is 6.54 Å². The van der Waals surface area contributed by atoms with Crippen LogP contribution in [-0.4, -0.2) is 49.0 Å². The van der Waals surface area contributed by atoms with Crippen LogP contribution < -0.4 is 10.2 Å². The van der Waals surface area contributed by atoms with E-state index >= 15 is 0 Å². The van der Waals surface area contributed by atoms with Gasteiger partial charge in [0.25, 0.3) is 0 Å². The Morgan fingerprint density at radius 3 is 2.39 bits per heavy atom. The lowest BCUT2D eigenvalue weighted by Gasteiger charge is -2.22. The summed E-state index contributed by atoms with van der Waals surface area (Å²) in [6.45, 7) is 7.92. The summed E-state index contributed by atoms with van der Waals surface area (Å²) in [5.74, 6) is 1.10. The van der Waals surface area contributed by atoms with Crippen molar-refractivity contribution in [3.8, 4) is 0 Å². The Morgan fingerprint density at radius 1 is 1.03 bits per heavy atom. The maximum atomic E-state index is 13.1. The van der Waals surface area contributed by atoms with Gasteiger partial charge in [0.1, 0.15) is 5.82 Å². The minimum absolute atomic E-state index is 0.0964. The number of hydrogen-bond acceptors (Lipinski definition) is 4. The van der Waals surface area contributed by atoms with Crippen molar-refractivity contribution in [1.29, 1.82) is 0 Å². The largest absolute Gasteiger partial charge is 0.359 e. The molecule has 0 radical (unpaired) electrons. The molecule has 3 rings (SSSR count). The normalized spacial score (nSPS) is 13.2. The van der Waals surface area contributed by atoms with Crippen molar-refractivity contribution in [2.45, 2.75) is 71.6 Å². The number of rotatable bonds is 13. The third kappa shape index (κ3) is 6.42. The van der Waals surface area contributed by atoms with Crippen LogP contribution >= 0.6 is 0 Å². The number of unbranched alkanes of at least 4 members (excludes halogenated alkanes) is 6. The molecule has 0 spiro atoms. The quantitative estimate of drug-likeness (QED) is 0.424. The number of aromatic nitrogens is 1. The number of amides is 1. The average molecular weight is 425 g/mol. The van der Waals surface area contributed by atoms with Crippen LogP contribution in [0.2, 0.25) is 0 Å². The molecule has 0 aliphatic carbocycles. The molecule has 1 amide bonds. The molecule has 0 atom stereocenters. The van der Waals surface area contributed by atoms with Gasteiger partial charge in [0.15, 0.2) is 0 Å². The fourth-order valence-corrected chi connectivity index (χ4v) is 4.50. The molecule has 1 aliphatic heterocycles. The number of anilines is 2. The Bertz CT molecular complexity index is 839. The molecule has 0 saturated heterocycles. The number of benzene rings is 1. The van der Waals surface area contributed by atoms with Crippen LogP contribution in [0.1, 0.15) is 70.8 Å². The number of carbonyl (C=O) groups excluding carboxylic acids is 1. The molecule has 2 heterocycles. The smallest absolute Gasteiger partial charge is 0.238 e. The molecule has 1 aromatic heterocycles. The van der Waals surface area contributed by atoms with E-state index in [1.54, 1.807) is 0 Å². The Balaban J connectivity index is 1.70. The molecule has 5 nitrogen and oxygen atoms in total. The highest BCUT2D eigenvalue weighted by Gasteiger charge is 2.24. The van der Waals surface area contributed by atoms with Crippen molar-refractivity contribution in [3.05, 3.63) is 29.8 Å². The highest BCUT2D eigenvalue weighted by atomic mass is 16.2. The zero-order chi connectivity index (χ0) is 22.1. The lowest BCUT2D eigenvalue weighted by atomic mass is 10.1. The third-order valence-corrected chi connectivity index (χ3v) is 6.32. The van der Waals surface area contributed by atoms with Crippen LogP contribution in [0, 0.1) is 0 Å². The van der Waals surface area contributed by atoms with Crippen molar-refractivity contribution in [1.82, 2.24) is 9.88 Å². The predicted octanol–water partition coefficient (Wildman–Crippen LogP) is 5.63. The van der Waals surface area contributed by atoms with Crippen LogP contribution in [0.15, 0.2) is 24.3 Å². The van der Waals surface area contributed by atoms with Gasteiger partial charge in [-0.2, -0.15) is 0 Å². The van der Waals surface area contributed by atoms with Gasteiger partial charge >= 0.3 is 0 Å². The average Bonchev–Trinajstić information content (AvgIpc) is 3.14. The Hall–Kier alpha value is -2.14. The Kier molecular flexibility index (Phi) is 9.13. The van der Waals surface area contributed by atoms with E-state index in [9.17, 15) is 4.79 Å². The molecular weight excluding hydrogens is 384 g/mol. The van der Waals surface area contributed by atoms with Crippen molar-refractivity contribution in [2.24, 2.45) is 0 Å². The van der Waals surface area contributed by atoms with Crippen LogP contribution in [-0.2, 0) is 11.2 Å². The van der Waals surface area contributed by atoms with E-state index in [2.05, 4.69) is 42.1 Å². The second-order valence-corrected chi connectivity index (χ2v) is 8.92. The SMILES string of the molecule is CCCCCCN(CCCCCC)CC(=O)Nc1c2c(nc3ccccc13)N(C)CC2. The summed E-state index contributed by atoms with van der Waals surface area (Å²) in [7, 11) is 2.08. The number of carbonyl (C=O) groups is 1. The summed E-state index contributed by atoms with van der Waals surface area (Å²) >= 11 is 0. The van der Waals surface area contributed by atoms with Crippen LogP contribution in [0.25, 0.3) is 10.9 Å². The molecule has 0 fully saturated rings. The second-order valence-electron chi connectivity index (χ2n) is 8.92. The third-order valence-electron chi connectivity index (χ3n) is 6.32. The number of nitrogens with zero attached hydrogens (tertiary/aromatic N) is 3. The van der Waals surface area contributed by atoms with Gasteiger partial charge < -0.3 is 10.2 Å². The fraction of sp³-hybridized carbons (Fsp3) is 0.615. The van der Waals surface area contributed by atoms with Gasteiger partial charge in [-0.1, -0.05) is 70.6 Å². The first-order valence-corrected chi connectivity index (χ1v) is 12.3. The van der Waals surface area contributed by atoms with Crippen LogP contribution in [0.3, 0.4) is 0 Å². The number of hydrogen-bond donors (Lipinski definition) is 1. The maximum Gasteiger partial charge on any atom is 0.238 e. The maximum absolute atomic E-state index is 13.1. The number of para-hydroxylation sites is 1. The second kappa shape index (κ2) is 12.0. The fourth-order valence-electron chi connectivity index (χ4n) is 4.50. The van der Waals surface area contributed by atoms with Crippen molar-refractivity contribution in [3.63, 3.8) is 0 Å². The summed E-state index contributed by atoms with van der Waals surface area (Å²) in [6.07, 6.45) is 10.8. The Labute approximate surface area is 188 Å². The minimum Gasteiger partial charge on any atom is -0.359 e. The van der Waals surface area contributed by atoms with E-state index in [-0.39, 0.29) is 5.91 Å². The molecule has 170 valence electrons. The number of fused-ring (bicyclic) bond motifs is 2. The lowest BCUT2D eigenvalue weighted by molar-refractivity contribution is -0.117. The van der Waals surface area contributed by atoms with E-state index in [1.165, 1.54) is 56.9 Å². The molecule has 0 bridgehead atoms. The van der Waals surface area contributed by atoms with E-state index in [1.807, 2.05) is 18.2 Å². The monoisotopic (exact) mass is 424 g/mol. The number of nitrogens with one attached hydrogen (secondary N) is 1. The molecule has 1 aromatic carbocycles. The molecule has 1 N–H and O–H groups in total. The molecule has 1 aliphatic rings. The van der Waals surface area contributed by atoms with Gasteiger partial charge in [0, 0.05) is 24.5 Å². The highest BCUT2D eigenvalue weighted by molar-refractivity contribution is 6.04. The van der Waals surface area contributed by atoms with Gasteiger partial charge in [0.05, 0.1) is 17.7 Å². The van der Waals surface area contributed by atoms with Gasteiger partial charge in [-0.25, -0.2) is 4.98 Å². The summed E-state index contributed by atoms with van der Waals surface area (Å²) in [6, 6.07) is 8.14. The van der Waals surface area contributed by atoms with Gasteiger partial charge in [-0.3, -0.25) is 9.69 Å². The first-order valence-electron chi connectivity index (χ1n) is 12.3. The van der Waals surface area contributed by atoms with Crippen LogP contribution in [0.4, 0.5) is 11.5 Å². The highest BCUT2D eigenvalue weighted by Crippen LogP contribution is 2.36. The van der Waals surface area contributed by atoms with E-state index < -0.39 is 0 Å². The minimum atomic E-state index is 0.0964. The lowest BCUT2D eigenvalue weighted by Crippen LogP contribution is -2.35. The first kappa shape index (κ1) is 23.5. The zero-order valence-electron chi connectivity index (χ0n) is 19.8. The number of pyridine rings is 1. The van der Waals surface area contributed by atoms with E-state index in [4.69, 9.17) is 4.98 Å². The molecule has 0 saturated carbocycles. The summed E-state index contributed by atoms with van der Waals surface area (Å²) in [5.41, 5.74) is 3.08. The van der Waals surface area contributed by atoms with Gasteiger partial charge in [-0.05, 0) is 38.4 Å². The molecular formula is C26H40N4O. The van der Waals surface area contributed by atoms with Crippen molar-refractivity contribution >= 4 is 28.3 Å². The summed E-state index contributed by atoms with van der Waals surface area (Å²) in [4.78, 5) is 22.5. The van der Waals surface area contributed by atoms with Crippen molar-refractivity contribution in [2.75, 3.05) is 43.4 Å². The van der Waals surface area contributed by atoms with Crippen molar-refractivity contribution < 1.29 is 4.79 Å². The molecule has 2 aromatic rings. The van der Waals surface area contributed by atoms with Crippen LogP contribution in [0.5, 0.6) is 0 Å². The topological polar surface area (TPSA) is 48.5 Å². The molecule has 31 heavy (non-hydrogen) atoms. The first-order chi connectivity index (χ1) is 15.1. The Morgan fingerprint density at radius 2 is 1.71 bits per heavy atom. The van der Waals surface area contributed by atoms with Gasteiger partial charge in [0.2, 0.25) is 5.91 Å². The number of likely N-dealkylation sites (N-methyl/N-ethyl adjacent to an activating group) is 1. The predicted molar refractivity (Wildman–Crippen MR) is 132 cm³/mol. The standard InChI is InChI=1S/C26H40N4O/c1-4-6-8-12-17-30(18-13-9-7-5-2)20-24(31)28-25-21-14-10-11-15-23(21)27-26-22(25)16-19-29(26)3/h10-11,14-15H,4-9,12-13,16-20H2,1-3H3,(H,27,28,31). The van der Waals surface area contributed by atoms with E-state index in [0.717, 1.165) is 48.5 Å². The molecule has 0 unspecified atom stereocenters. The zero-order valence-corrected chi connectivity index (χ0v) is 19.8. The molecule has 5 heteroatoms.